The third-order valence-corrected chi connectivity index (χ3v) is 13.8. The van der Waals surface area contributed by atoms with Gasteiger partial charge in [0.2, 0.25) is 0 Å². The molecule has 1 unspecified atom stereocenters. The van der Waals surface area contributed by atoms with Crippen molar-refractivity contribution in [1.29, 1.82) is 0 Å². The van der Waals surface area contributed by atoms with Crippen LogP contribution in [0, 0.1) is 0 Å². The Bertz CT molecular complexity index is 1490. The van der Waals surface area contributed by atoms with Crippen molar-refractivity contribution in [2.75, 3.05) is 13.2 Å². The van der Waals surface area contributed by atoms with Gasteiger partial charge in [-0.15, -0.1) is 0 Å². The number of hydrogen-bond donors (Lipinski definition) is 0. The zero-order valence-corrected chi connectivity index (χ0v) is 50.0. The van der Waals surface area contributed by atoms with Crippen LogP contribution >= 0.6 is 0 Å². The summed E-state index contributed by atoms with van der Waals surface area (Å²) in [6.07, 6.45) is 85.6. The molecule has 0 radical (unpaired) electrons. The third kappa shape index (κ3) is 61.2. The Morgan fingerprint density at radius 2 is 0.513 bits per heavy atom. The molecule has 0 bridgehead atoms. The lowest BCUT2D eigenvalue weighted by atomic mass is 10.0. The molecule has 0 aromatic carbocycles. The molecule has 0 amide bonds. The van der Waals surface area contributed by atoms with E-state index in [0.717, 1.165) is 122 Å². The van der Waals surface area contributed by atoms with Crippen LogP contribution in [-0.4, -0.2) is 37.2 Å². The number of ether oxygens (including phenoxy) is 3. The Morgan fingerprint density at radius 1 is 0.276 bits per heavy atom. The van der Waals surface area contributed by atoms with Gasteiger partial charge in [0.05, 0.1) is 0 Å². The van der Waals surface area contributed by atoms with Crippen LogP contribution in [-0.2, 0) is 28.6 Å². The van der Waals surface area contributed by atoms with Crippen molar-refractivity contribution in [3.63, 3.8) is 0 Å². The number of carbonyl (C=O) groups excluding carboxylic acids is 3. The van der Waals surface area contributed by atoms with Crippen molar-refractivity contribution < 1.29 is 28.6 Å². The number of hydrogen-bond acceptors (Lipinski definition) is 6. The third-order valence-electron chi connectivity index (χ3n) is 13.8. The number of unbranched alkanes of at least 4 members (excludes halogenated alkanes) is 31. The second-order valence-corrected chi connectivity index (χ2v) is 21.3. The summed E-state index contributed by atoms with van der Waals surface area (Å²) >= 11 is 0. The molecular formula is C70H120O6. The highest BCUT2D eigenvalue weighted by molar-refractivity contribution is 5.71. The normalized spacial score (nSPS) is 12.7. The van der Waals surface area contributed by atoms with E-state index in [9.17, 15) is 14.4 Å². The smallest absolute Gasteiger partial charge is 0.306 e. The highest BCUT2D eigenvalue weighted by atomic mass is 16.6. The van der Waals surface area contributed by atoms with Crippen molar-refractivity contribution in [3.8, 4) is 0 Å². The first kappa shape index (κ1) is 72.3. The fourth-order valence-corrected chi connectivity index (χ4v) is 9.01. The van der Waals surface area contributed by atoms with Crippen LogP contribution in [0.5, 0.6) is 0 Å². The summed E-state index contributed by atoms with van der Waals surface area (Å²) in [7, 11) is 0. The fraction of sp³-hybridized carbons (Fsp3) is 0.729. The lowest BCUT2D eigenvalue weighted by Crippen LogP contribution is -2.30. The molecule has 76 heavy (non-hydrogen) atoms. The molecule has 0 N–H and O–H groups in total. The molecule has 6 heteroatoms. The summed E-state index contributed by atoms with van der Waals surface area (Å²) in [6.45, 7) is 6.50. The van der Waals surface area contributed by atoms with E-state index in [1.54, 1.807) is 0 Å². The molecule has 0 saturated heterocycles. The minimum Gasteiger partial charge on any atom is -0.462 e. The summed E-state index contributed by atoms with van der Waals surface area (Å²) in [5, 5.41) is 0. The van der Waals surface area contributed by atoms with Crippen LogP contribution in [0.2, 0.25) is 0 Å². The van der Waals surface area contributed by atoms with Gasteiger partial charge in [0, 0.05) is 19.3 Å². The summed E-state index contributed by atoms with van der Waals surface area (Å²) in [6, 6.07) is 0. The average molecular weight is 1060 g/mol. The molecule has 1 atom stereocenters. The molecule has 6 nitrogen and oxygen atoms in total. The predicted octanol–water partition coefficient (Wildman–Crippen LogP) is 22.0. The highest BCUT2D eigenvalue weighted by Crippen LogP contribution is 2.17. The van der Waals surface area contributed by atoms with Gasteiger partial charge in [-0.1, -0.05) is 285 Å². The van der Waals surface area contributed by atoms with Gasteiger partial charge in [0.1, 0.15) is 13.2 Å². The molecule has 0 aliphatic carbocycles. The van der Waals surface area contributed by atoms with Crippen molar-refractivity contribution in [2.24, 2.45) is 0 Å². The molecule has 0 aromatic heterocycles. The van der Waals surface area contributed by atoms with Crippen LogP contribution in [0.1, 0.15) is 310 Å². The molecule has 436 valence electrons. The monoisotopic (exact) mass is 1060 g/mol. The van der Waals surface area contributed by atoms with E-state index in [2.05, 4.69) is 118 Å². The quantitative estimate of drug-likeness (QED) is 0.0261. The Morgan fingerprint density at radius 3 is 0.842 bits per heavy atom. The highest BCUT2D eigenvalue weighted by Gasteiger charge is 2.19. The number of allylic oxidation sites excluding steroid dienone is 16. The van der Waals surface area contributed by atoms with Gasteiger partial charge in [-0.3, -0.25) is 14.4 Å². The number of esters is 3. The minimum atomic E-state index is -0.802. The maximum absolute atomic E-state index is 12.9. The van der Waals surface area contributed by atoms with Crippen LogP contribution in [0.3, 0.4) is 0 Å². The van der Waals surface area contributed by atoms with E-state index in [-0.39, 0.29) is 31.1 Å². The van der Waals surface area contributed by atoms with E-state index >= 15 is 0 Å². The van der Waals surface area contributed by atoms with E-state index in [1.165, 1.54) is 148 Å². The van der Waals surface area contributed by atoms with Gasteiger partial charge < -0.3 is 14.2 Å². The number of rotatable bonds is 58. The molecular weight excluding hydrogens is 937 g/mol. The second kappa shape index (κ2) is 63.9. The summed E-state index contributed by atoms with van der Waals surface area (Å²) in [5.41, 5.74) is 0. The van der Waals surface area contributed by atoms with E-state index in [1.807, 2.05) is 0 Å². The van der Waals surface area contributed by atoms with Gasteiger partial charge in [-0.05, 0) is 103 Å². The summed E-state index contributed by atoms with van der Waals surface area (Å²) < 4.78 is 16.9. The minimum absolute atomic E-state index is 0.0970. The largest absolute Gasteiger partial charge is 0.462 e. The maximum atomic E-state index is 12.9. The van der Waals surface area contributed by atoms with E-state index < -0.39 is 6.10 Å². The van der Waals surface area contributed by atoms with Crippen LogP contribution < -0.4 is 0 Å². The molecule has 0 aliphatic rings. The molecule has 0 fully saturated rings. The molecule has 0 rings (SSSR count). The first-order valence-corrected chi connectivity index (χ1v) is 32.2. The first-order valence-electron chi connectivity index (χ1n) is 32.2. The molecule has 0 spiro atoms. The summed E-state index contributed by atoms with van der Waals surface area (Å²) in [4.78, 5) is 38.3. The van der Waals surface area contributed by atoms with Gasteiger partial charge in [-0.25, -0.2) is 0 Å². The molecule has 0 saturated carbocycles. The van der Waals surface area contributed by atoms with Crippen molar-refractivity contribution in [1.82, 2.24) is 0 Å². The number of carbonyl (C=O) groups is 3. The Hall–Kier alpha value is -3.67. The molecule has 0 aliphatic heterocycles. The maximum Gasteiger partial charge on any atom is 0.306 e. The lowest BCUT2D eigenvalue weighted by Gasteiger charge is -2.18. The zero-order chi connectivity index (χ0) is 55.0. The van der Waals surface area contributed by atoms with Crippen molar-refractivity contribution in [3.05, 3.63) is 97.2 Å². The van der Waals surface area contributed by atoms with Crippen molar-refractivity contribution in [2.45, 2.75) is 316 Å². The van der Waals surface area contributed by atoms with Gasteiger partial charge in [-0.2, -0.15) is 0 Å². The van der Waals surface area contributed by atoms with Crippen LogP contribution in [0.25, 0.3) is 0 Å². The Balaban J connectivity index is 4.45. The standard InChI is InChI=1S/C70H120O6/c1-4-7-10-13-16-19-22-25-28-31-33-35-37-39-42-45-48-51-54-57-60-63-69(72)75-66-67(65-74-68(71)62-59-56-53-50-47-44-41-30-27-24-21-18-15-12-9-6-3)76-70(73)64-61-58-55-52-49-46-43-40-38-36-34-32-29-26-23-20-17-14-11-8-5-2/h7,10,16,19,21,24-25,28,30,33,35,39,41-42,48,51,67H,4-6,8-9,11-15,17-18,20,22-23,26-27,29,31-32,34,36-38,40,43-47,49-50,52-66H2,1-3H3/b10-7-,19-16-,24-21-,28-25-,35-33-,41-30-,42-39-,51-48-. The predicted molar refractivity (Wildman–Crippen MR) is 330 cm³/mol. The van der Waals surface area contributed by atoms with E-state index in [0.29, 0.717) is 19.3 Å². The Kier molecular flexibility index (Phi) is 60.8. The Labute approximate surface area is 470 Å². The SMILES string of the molecule is CC/C=C\C/C=C\C/C=C\C/C=C\C/C=C\C/C=C\CCCCC(=O)OCC(COC(=O)CCCCCCC/C=C\C/C=C\CCCCCC)OC(=O)CCCCCCCCCCCCCCCCCCCCCCC. The zero-order valence-electron chi connectivity index (χ0n) is 50.0. The van der Waals surface area contributed by atoms with Gasteiger partial charge in [0.25, 0.3) is 0 Å². The summed E-state index contributed by atoms with van der Waals surface area (Å²) in [5.74, 6) is -0.942. The van der Waals surface area contributed by atoms with Crippen LogP contribution in [0.4, 0.5) is 0 Å². The lowest BCUT2D eigenvalue weighted by molar-refractivity contribution is -0.167. The topological polar surface area (TPSA) is 78.9 Å². The fourth-order valence-electron chi connectivity index (χ4n) is 9.01. The van der Waals surface area contributed by atoms with E-state index in [4.69, 9.17) is 14.2 Å². The van der Waals surface area contributed by atoms with Crippen LogP contribution in [0.15, 0.2) is 97.2 Å². The first-order chi connectivity index (χ1) is 37.5. The molecule has 0 aromatic rings. The van der Waals surface area contributed by atoms with Gasteiger partial charge in [0.15, 0.2) is 6.10 Å². The average Bonchev–Trinajstić information content (AvgIpc) is 3.42. The van der Waals surface area contributed by atoms with Crippen molar-refractivity contribution >= 4 is 17.9 Å². The molecule has 0 heterocycles. The second-order valence-electron chi connectivity index (χ2n) is 21.3. The van der Waals surface area contributed by atoms with Gasteiger partial charge >= 0.3 is 17.9 Å².